The van der Waals surface area contributed by atoms with Crippen LogP contribution in [0.25, 0.3) is 11.3 Å². The zero-order chi connectivity index (χ0) is 11.7. The summed E-state index contributed by atoms with van der Waals surface area (Å²) in [5.41, 5.74) is 7.01. The topological polar surface area (TPSA) is 84.2 Å². The Labute approximate surface area is 100 Å². The summed E-state index contributed by atoms with van der Waals surface area (Å²) in [5.74, 6) is 0.855. The van der Waals surface area contributed by atoms with Gasteiger partial charge in [0.15, 0.2) is 11.5 Å². The summed E-state index contributed by atoms with van der Waals surface area (Å²) in [5, 5.41) is 16.4. The van der Waals surface area contributed by atoms with Crippen molar-refractivity contribution < 1.29 is 9.84 Å². The van der Waals surface area contributed by atoms with Gasteiger partial charge in [-0.15, -0.1) is 0 Å². The Balaban J connectivity index is 2.55. The predicted molar refractivity (Wildman–Crippen MR) is 64.4 cm³/mol. The third kappa shape index (κ3) is 1.71. The highest BCUT2D eigenvalue weighted by molar-refractivity contribution is 9.10. The lowest BCUT2D eigenvalue weighted by atomic mass is 10.1. The summed E-state index contributed by atoms with van der Waals surface area (Å²) < 4.78 is 5.53. The van der Waals surface area contributed by atoms with Crippen molar-refractivity contribution >= 4 is 21.7 Å². The van der Waals surface area contributed by atoms with Gasteiger partial charge in [0.1, 0.15) is 5.82 Å². The molecule has 6 heteroatoms. The fourth-order valence-corrected chi connectivity index (χ4v) is 1.94. The number of nitrogen functional groups attached to an aromatic ring is 1. The molecule has 0 atom stereocenters. The number of halogens is 1. The van der Waals surface area contributed by atoms with Crippen molar-refractivity contribution in [2.24, 2.45) is 0 Å². The normalized spacial score (nSPS) is 10.4. The summed E-state index contributed by atoms with van der Waals surface area (Å²) in [6, 6.07) is 5.16. The molecule has 0 aliphatic rings. The van der Waals surface area contributed by atoms with Crippen molar-refractivity contribution in [3.8, 4) is 22.8 Å². The molecule has 2 aromatic rings. The van der Waals surface area contributed by atoms with E-state index in [2.05, 4.69) is 26.1 Å². The Hall–Kier alpha value is -1.69. The number of rotatable bonds is 2. The quantitative estimate of drug-likeness (QED) is 0.788. The second kappa shape index (κ2) is 4.05. The van der Waals surface area contributed by atoms with Gasteiger partial charge in [0, 0.05) is 11.6 Å². The monoisotopic (exact) mass is 283 g/mol. The predicted octanol–water partition coefficient (Wildman–Crippen LogP) is 2.14. The molecule has 0 aliphatic heterocycles. The molecule has 0 bridgehead atoms. The summed E-state index contributed by atoms with van der Waals surface area (Å²) in [6.07, 6.45) is 0. The van der Waals surface area contributed by atoms with Gasteiger partial charge in [-0.05, 0) is 28.1 Å². The number of hydrogen-bond donors (Lipinski definition) is 3. The first-order valence-corrected chi connectivity index (χ1v) is 5.29. The summed E-state index contributed by atoms with van der Waals surface area (Å²) in [4.78, 5) is 0. The molecule has 0 fully saturated rings. The van der Waals surface area contributed by atoms with Gasteiger partial charge in [-0.25, -0.2) is 0 Å². The Bertz CT molecular complexity index is 525. The van der Waals surface area contributed by atoms with Gasteiger partial charge < -0.3 is 15.6 Å². The number of nitrogens with zero attached hydrogens (tertiary/aromatic N) is 1. The first-order chi connectivity index (χ1) is 7.63. The number of aromatic nitrogens is 2. The van der Waals surface area contributed by atoms with E-state index in [0.717, 1.165) is 11.3 Å². The molecule has 2 rings (SSSR count). The Morgan fingerprint density at radius 3 is 2.81 bits per heavy atom. The van der Waals surface area contributed by atoms with Gasteiger partial charge in [-0.1, -0.05) is 0 Å². The minimum Gasteiger partial charge on any atom is -0.503 e. The third-order valence-electron chi connectivity index (χ3n) is 2.19. The standard InChI is InChI=1S/C10H10BrN3O2/c1-16-7-3-2-5(9(11)10(7)15)6-4-8(12)14-13-6/h2-4,15H,1H3,(H3,12,13,14). The number of hydrogen-bond acceptors (Lipinski definition) is 4. The molecule has 0 spiro atoms. The van der Waals surface area contributed by atoms with Crippen LogP contribution in [-0.4, -0.2) is 22.4 Å². The number of aromatic amines is 1. The van der Waals surface area contributed by atoms with Crippen LogP contribution < -0.4 is 10.5 Å². The molecule has 84 valence electrons. The zero-order valence-corrected chi connectivity index (χ0v) is 10.1. The first-order valence-electron chi connectivity index (χ1n) is 4.50. The maximum absolute atomic E-state index is 9.81. The molecular weight excluding hydrogens is 274 g/mol. The van der Waals surface area contributed by atoms with Crippen LogP contribution in [-0.2, 0) is 0 Å². The van der Waals surface area contributed by atoms with Gasteiger partial charge in [-0.3, -0.25) is 5.10 Å². The van der Waals surface area contributed by atoms with Crippen LogP contribution in [0.1, 0.15) is 0 Å². The molecule has 0 unspecified atom stereocenters. The van der Waals surface area contributed by atoms with Crippen LogP contribution >= 0.6 is 15.9 Å². The molecular formula is C10H10BrN3O2. The van der Waals surface area contributed by atoms with Gasteiger partial charge >= 0.3 is 0 Å². The fraction of sp³-hybridized carbons (Fsp3) is 0.100. The number of H-pyrrole nitrogens is 1. The van der Waals surface area contributed by atoms with E-state index in [1.807, 2.05) is 0 Å². The molecule has 1 heterocycles. The molecule has 0 radical (unpaired) electrons. The van der Waals surface area contributed by atoms with E-state index < -0.39 is 0 Å². The van der Waals surface area contributed by atoms with Gasteiger partial charge in [0.25, 0.3) is 0 Å². The molecule has 0 saturated heterocycles. The van der Waals surface area contributed by atoms with Crippen molar-refractivity contribution in [2.75, 3.05) is 12.8 Å². The van der Waals surface area contributed by atoms with Crippen molar-refractivity contribution in [3.63, 3.8) is 0 Å². The second-order valence-corrected chi connectivity index (χ2v) is 3.98. The minimum atomic E-state index is 0.0492. The Morgan fingerprint density at radius 2 is 2.25 bits per heavy atom. The smallest absolute Gasteiger partial charge is 0.172 e. The maximum atomic E-state index is 9.81. The number of methoxy groups -OCH3 is 1. The second-order valence-electron chi connectivity index (χ2n) is 3.18. The lowest BCUT2D eigenvalue weighted by Crippen LogP contribution is -1.87. The fourth-order valence-electron chi connectivity index (χ4n) is 1.39. The van der Waals surface area contributed by atoms with Crippen LogP contribution in [0.2, 0.25) is 0 Å². The summed E-state index contributed by atoms with van der Waals surface area (Å²) in [6.45, 7) is 0. The highest BCUT2D eigenvalue weighted by atomic mass is 79.9. The number of ether oxygens (including phenoxy) is 1. The first kappa shape index (κ1) is 10.8. The van der Waals surface area contributed by atoms with Crippen molar-refractivity contribution in [1.82, 2.24) is 10.2 Å². The van der Waals surface area contributed by atoms with Crippen LogP contribution in [0.15, 0.2) is 22.7 Å². The summed E-state index contributed by atoms with van der Waals surface area (Å²) in [7, 11) is 1.50. The molecule has 5 nitrogen and oxygen atoms in total. The highest BCUT2D eigenvalue weighted by Crippen LogP contribution is 2.40. The number of nitrogens with one attached hydrogen (secondary N) is 1. The largest absolute Gasteiger partial charge is 0.503 e. The SMILES string of the molecule is COc1ccc(-c2cc(N)n[nH]2)c(Br)c1O. The van der Waals surface area contributed by atoms with E-state index in [1.165, 1.54) is 7.11 Å². The van der Waals surface area contributed by atoms with E-state index >= 15 is 0 Å². The summed E-state index contributed by atoms with van der Waals surface area (Å²) >= 11 is 3.30. The van der Waals surface area contributed by atoms with Crippen LogP contribution in [0.5, 0.6) is 11.5 Å². The van der Waals surface area contributed by atoms with Gasteiger partial charge in [0.05, 0.1) is 17.3 Å². The molecule has 1 aromatic heterocycles. The molecule has 0 amide bonds. The van der Waals surface area contributed by atoms with Gasteiger partial charge in [0.2, 0.25) is 0 Å². The average molecular weight is 284 g/mol. The van der Waals surface area contributed by atoms with Crippen LogP contribution in [0, 0.1) is 0 Å². The van der Waals surface area contributed by atoms with Crippen molar-refractivity contribution in [1.29, 1.82) is 0 Å². The molecule has 16 heavy (non-hydrogen) atoms. The van der Waals surface area contributed by atoms with Crippen molar-refractivity contribution in [3.05, 3.63) is 22.7 Å². The number of anilines is 1. The maximum Gasteiger partial charge on any atom is 0.172 e. The number of benzene rings is 1. The van der Waals surface area contributed by atoms with E-state index in [1.54, 1.807) is 18.2 Å². The molecule has 4 N–H and O–H groups in total. The van der Waals surface area contributed by atoms with E-state index in [4.69, 9.17) is 10.5 Å². The van der Waals surface area contributed by atoms with Crippen molar-refractivity contribution in [2.45, 2.75) is 0 Å². The molecule has 1 aromatic carbocycles. The minimum absolute atomic E-state index is 0.0492. The highest BCUT2D eigenvalue weighted by Gasteiger charge is 2.13. The Morgan fingerprint density at radius 1 is 1.50 bits per heavy atom. The third-order valence-corrected chi connectivity index (χ3v) is 2.99. The lowest BCUT2D eigenvalue weighted by Gasteiger charge is -2.08. The van der Waals surface area contributed by atoms with E-state index in [9.17, 15) is 5.11 Å². The molecule has 0 aliphatic carbocycles. The number of phenolic OH excluding ortho intramolecular Hbond substituents is 1. The lowest BCUT2D eigenvalue weighted by molar-refractivity contribution is 0.372. The van der Waals surface area contributed by atoms with Crippen LogP contribution in [0.4, 0.5) is 5.82 Å². The Kier molecular flexibility index (Phi) is 2.74. The number of aromatic hydroxyl groups is 1. The molecule has 0 saturated carbocycles. The average Bonchev–Trinajstić information content (AvgIpc) is 2.69. The van der Waals surface area contributed by atoms with E-state index in [0.29, 0.717) is 16.0 Å². The zero-order valence-electron chi connectivity index (χ0n) is 8.49. The number of nitrogens with two attached hydrogens (primary N) is 1. The number of phenols is 1. The van der Waals surface area contributed by atoms with Gasteiger partial charge in [-0.2, -0.15) is 5.10 Å². The van der Waals surface area contributed by atoms with Crippen LogP contribution in [0.3, 0.4) is 0 Å². The van der Waals surface area contributed by atoms with E-state index in [-0.39, 0.29) is 5.75 Å².